The Morgan fingerprint density at radius 1 is 1.33 bits per heavy atom. The Kier molecular flexibility index (Phi) is 6.07. The number of aromatic nitrogens is 2. The number of carbonyl (C=O) groups excluding carboxylic acids is 1. The van der Waals surface area contributed by atoms with E-state index in [9.17, 15) is 18.0 Å². The smallest absolute Gasteiger partial charge is 0.372 e. The number of alkyl halides is 3. The van der Waals surface area contributed by atoms with Crippen molar-refractivity contribution >= 4 is 29.0 Å². The summed E-state index contributed by atoms with van der Waals surface area (Å²) in [5.74, 6) is -0.189. The van der Waals surface area contributed by atoms with E-state index in [-0.39, 0.29) is 34.7 Å². The molecule has 0 bridgehead atoms. The number of thiophene rings is 1. The van der Waals surface area contributed by atoms with Gasteiger partial charge in [-0.05, 0) is 31.4 Å². The highest BCUT2D eigenvalue weighted by Crippen LogP contribution is 2.33. The Morgan fingerprint density at radius 3 is 2.63 bits per heavy atom. The first-order valence-electron chi connectivity index (χ1n) is 8.28. The molecule has 0 N–H and O–H groups in total. The van der Waals surface area contributed by atoms with Crippen LogP contribution in [0.3, 0.4) is 0 Å². The second kappa shape index (κ2) is 8.15. The summed E-state index contributed by atoms with van der Waals surface area (Å²) in [6.07, 6.45) is -4.72. The molecule has 0 spiro atoms. The van der Waals surface area contributed by atoms with Crippen LogP contribution in [0.1, 0.15) is 19.5 Å². The van der Waals surface area contributed by atoms with Crippen LogP contribution in [-0.2, 0) is 15.7 Å². The number of thioether (sulfide) groups is 1. The van der Waals surface area contributed by atoms with E-state index in [1.807, 2.05) is 13.8 Å². The summed E-state index contributed by atoms with van der Waals surface area (Å²) >= 11 is 2.21. The number of halogens is 3. The molecule has 0 aromatic carbocycles. The SMILES string of the molecule is C[C@@H]1CN(C(=O)CSc2nc(-c3cccs3)cc(C(F)(F)F)n2)C[C@H](C)O1. The largest absolute Gasteiger partial charge is 0.433 e. The fraction of sp³-hybridized carbons (Fsp3) is 0.471. The van der Waals surface area contributed by atoms with E-state index < -0.39 is 11.9 Å². The van der Waals surface area contributed by atoms with Crippen molar-refractivity contribution in [1.29, 1.82) is 0 Å². The summed E-state index contributed by atoms with van der Waals surface area (Å²) in [5.41, 5.74) is -0.805. The fourth-order valence-electron chi connectivity index (χ4n) is 2.78. The van der Waals surface area contributed by atoms with Crippen LogP contribution in [0.4, 0.5) is 13.2 Å². The number of nitrogens with zero attached hydrogens (tertiary/aromatic N) is 3. The van der Waals surface area contributed by atoms with Gasteiger partial charge in [0.05, 0.1) is 28.5 Å². The highest BCUT2D eigenvalue weighted by Gasteiger charge is 2.34. The Hall–Kier alpha value is -1.65. The summed E-state index contributed by atoms with van der Waals surface area (Å²) in [6.45, 7) is 4.69. The standard InChI is InChI=1S/C17H18F3N3O2S2/c1-10-7-23(8-11(2)25-10)15(24)9-27-16-21-12(13-4-3-5-26-13)6-14(22-16)17(18,19)20/h3-6,10-11H,7-9H2,1-2H3/t10-,11+. The molecule has 146 valence electrons. The first-order valence-corrected chi connectivity index (χ1v) is 10.1. The third-order valence-corrected chi connectivity index (χ3v) is 5.59. The van der Waals surface area contributed by atoms with Gasteiger partial charge in [0, 0.05) is 13.1 Å². The van der Waals surface area contributed by atoms with Gasteiger partial charge in [-0.3, -0.25) is 4.79 Å². The van der Waals surface area contributed by atoms with Gasteiger partial charge in [0.15, 0.2) is 5.16 Å². The summed E-state index contributed by atoms with van der Waals surface area (Å²) in [6, 6.07) is 4.37. The number of hydrogen-bond donors (Lipinski definition) is 0. The van der Waals surface area contributed by atoms with Crippen molar-refractivity contribution in [2.75, 3.05) is 18.8 Å². The van der Waals surface area contributed by atoms with Gasteiger partial charge in [-0.25, -0.2) is 9.97 Å². The number of ether oxygens (including phenoxy) is 1. The average molecular weight is 417 g/mol. The quantitative estimate of drug-likeness (QED) is 0.557. The lowest BCUT2D eigenvalue weighted by molar-refractivity contribution is -0.141. The Morgan fingerprint density at radius 2 is 2.04 bits per heavy atom. The number of hydrogen-bond acceptors (Lipinski definition) is 6. The molecule has 1 amide bonds. The maximum atomic E-state index is 13.2. The number of carbonyl (C=O) groups is 1. The maximum Gasteiger partial charge on any atom is 0.433 e. The Bertz CT molecular complexity index is 789. The van der Waals surface area contributed by atoms with E-state index in [0.29, 0.717) is 18.0 Å². The van der Waals surface area contributed by atoms with Crippen LogP contribution in [0.25, 0.3) is 10.6 Å². The summed E-state index contributed by atoms with van der Waals surface area (Å²) in [7, 11) is 0. The number of rotatable bonds is 4. The molecule has 0 radical (unpaired) electrons. The lowest BCUT2D eigenvalue weighted by atomic mass is 10.2. The van der Waals surface area contributed by atoms with E-state index >= 15 is 0 Å². The van der Waals surface area contributed by atoms with Crippen LogP contribution in [-0.4, -0.2) is 51.8 Å². The lowest BCUT2D eigenvalue weighted by Crippen LogP contribution is -2.48. The van der Waals surface area contributed by atoms with Gasteiger partial charge in [0.25, 0.3) is 0 Å². The molecule has 1 saturated heterocycles. The van der Waals surface area contributed by atoms with Crippen molar-refractivity contribution in [2.45, 2.75) is 37.4 Å². The number of amides is 1. The van der Waals surface area contributed by atoms with Gasteiger partial charge < -0.3 is 9.64 Å². The van der Waals surface area contributed by atoms with Crippen LogP contribution < -0.4 is 0 Å². The van der Waals surface area contributed by atoms with Gasteiger partial charge in [-0.1, -0.05) is 17.8 Å². The van der Waals surface area contributed by atoms with Gasteiger partial charge in [-0.15, -0.1) is 11.3 Å². The maximum absolute atomic E-state index is 13.2. The monoisotopic (exact) mass is 417 g/mol. The molecule has 0 unspecified atom stereocenters. The number of morpholine rings is 1. The summed E-state index contributed by atoms with van der Waals surface area (Å²) in [5, 5.41) is 1.71. The molecule has 5 nitrogen and oxygen atoms in total. The van der Waals surface area contributed by atoms with Crippen molar-refractivity contribution in [3.05, 3.63) is 29.3 Å². The highest BCUT2D eigenvalue weighted by atomic mass is 32.2. The molecule has 10 heteroatoms. The molecule has 0 aliphatic carbocycles. The molecular weight excluding hydrogens is 399 g/mol. The normalized spacial score (nSPS) is 20.7. The molecule has 0 saturated carbocycles. The van der Waals surface area contributed by atoms with Crippen molar-refractivity contribution in [1.82, 2.24) is 14.9 Å². The highest BCUT2D eigenvalue weighted by molar-refractivity contribution is 7.99. The fourth-order valence-corrected chi connectivity index (χ4v) is 4.23. The minimum Gasteiger partial charge on any atom is -0.372 e. The summed E-state index contributed by atoms with van der Waals surface area (Å²) in [4.78, 5) is 22.5. The van der Waals surface area contributed by atoms with E-state index in [1.54, 1.807) is 22.4 Å². The first kappa shape index (κ1) is 20.1. The molecule has 2 atom stereocenters. The minimum atomic E-state index is -4.58. The second-order valence-electron chi connectivity index (χ2n) is 6.24. The van der Waals surface area contributed by atoms with Crippen LogP contribution in [0.15, 0.2) is 28.7 Å². The van der Waals surface area contributed by atoms with E-state index in [0.717, 1.165) is 17.8 Å². The van der Waals surface area contributed by atoms with E-state index in [4.69, 9.17) is 4.74 Å². The van der Waals surface area contributed by atoms with Crippen LogP contribution in [0.2, 0.25) is 0 Å². The molecular formula is C17H18F3N3O2S2. The molecule has 2 aromatic rings. The Balaban J connectivity index is 1.76. The van der Waals surface area contributed by atoms with Crippen molar-refractivity contribution < 1.29 is 22.7 Å². The third kappa shape index (κ3) is 5.20. The topological polar surface area (TPSA) is 55.3 Å². The zero-order chi connectivity index (χ0) is 19.6. The van der Waals surface area contributed by atoms with E-state index in [2.05, 4.69) is 9.97 Å². The molecule has 1 fully saturated rings. The lowest BCUT2D eigenvalue weighted by Gasteiger charge is -2.35. The predicted octanol–water partition coefficient (Wildman–Crippen LogP) is 3.95. The van der Waals surface area contributed by atoms with E-state index in [1.165, 1.54) is 11.3 Å². The van der Waals surface area contributed by atoms with Crippen LogP contribution >= 0.6 is 23.1 Å². The van der Waals surface area contributed by atoms with Gasteiger partial charge in [0.1, 0.15) is 5.69 Å². The molecule has 3 heterocycles. The first-order chi connectivity index (χ1) is 12.7. The molecule has 1 aliphatic heterocycles. The van der Waals surface area contributed by atoms with Crippen LogP contribution in [0, 0.1) is 0 Å². The van der Waals surface area contributed by atoms with Crippen molar-refractivity contribution in [3.63, 3.8) is 0 Å². The predicted molar refractivity (Wildman–Crippen MR) is 97.7 cm³/mol. The second-order valence-corrected chi connectivity index (χ2v) is 8.13. The zero-order valence-electron chi connectivity index (χ0n) is 14.7. The Labute approximate surface area is 163 Å². The molecule has 3 rings (SSSR count). The third-order valence-electron chi connectivity index (χ3n) is 3.87. The van der Waals surface area contributed by atoms with Gasteiger partial charge in [-0.2, -0.15) is 13.2 Å². The summed E-state index contributed by atoms with van der Waals surface area (Å²) < 4.78 is 45.1. The van der Waals surface area contributed by atoms with Crippen molar-refractivity contribution in [3.8, 4) is 10.6 Å². The van der Waals surface area contributed by atoms with Crippen LogP contribution in [0.5, 0.6) is 0 Å². The molecule has 2 aromatic heterocycles. The minimum absolute atomic E-state index is 0.0232. The average Bonchev–Trinajstić information content (AvgIpc) is 3.12. The molecule has 27 heavy (non-hydrogen) atoms. The van der Waals surface area contributed by atoms with Gasteiger partial charge >= 0.3 is 6.18 Å². The zero-order valence-corrected chi connectivity index (χ0v) is 16.3. The van der Waals surface area contributed by atoms with Crippen molar-refractivity contribution in [2.24, 2.45) is 0 Å². The van der Waals surface area contributed by atoms with Gasteiger partial charge in [0.2, 0.25) is 5.91 Å². The molecule has 1 aliphatic rings.